The zero-order chi connectivity index (χ0) is 16.4. The van der Waals surface area contributed by atoms with Gasteiger partial charge in [0.05, 0.1) is 16.9 Å². The molecule has 25 heavy (non-hydrogen) atoms. The third kappa shape index (κ3) is 5.00. The maximum atomic E-state index is 12.4. The van der Waals surface area contributed by atoms with Gasteiger partial charge in [0.1, 0.15) is 5.82 Å². The Balaban J connectivity index is 0.00000156. The Kier molecular flexibility index (Phi) is 7.99. The molecule has 0 atom stereocenters. The lowest BCUT2D eigenvalue weighted by atomic mass is 10.1. The van der Waals surface area contributed by atoms with Crippen LogP contribution in [0.15, 0.2) is 34.9 Å². The van der Waals surface area contributed by atoms with E-state index >= 15 is 0 Å². The number of aryl methyl sites for hydroxylation is 1. The summed E-state index contributed by atoms with van der Waals surface area (Å²) in [6.07, 6.45) is 4.01. The molecule has 1 aromatic carbocycles. The number of aromatic nitrogens is 1. The van der Waals surface area contributed by atoms with E-state index in [1.165, 1.54) is 12.8 Å². The van der Waals surface area contributed by atoms with Gasteiger partial charge in [-0.15, -0.1) is 24.8 Å². The van der Waals surface area contributed by atoms with E-state index in [1.54, 1.807) is 18.3 Å². The second kappa shape index (κ2) is 9.27. The van der Waals surface area contributed by atoms with E-state index in [0.717, 1.165) is 28.9 Å². The molecule has 0 aliphatic carbocycles. The largest absolute Gasteiger partial charge is 0.397 e. The van der Waals surface area contributed by atoms with Gasteiger partial charge in [0.15, 0.2) is 0 Å². The van der Waals surface area contributed by atoms with E-state index in [4.69, 9.17) is 5.73 Å². The zero-order valence-electron chi connectivity index (χ0n) is 13.8. The maximum absolute atomic E-state index is 12.4. The fourth-order valence-corrected chi connectivity index (χ4v) is 3.28. The normalized spacial score (nSPS) is 13.0. The van der Waals surface area contributed by atoms with E-state index in [2.05, 4.69) is 31.1 Å². The van der Waals surface area contributed by atoms with E-state index in [9.17, 15) is 4.79 Å². The molecule has 0 saturated carbocycles. The predicted molar refractivity (Wildman–Crippen MR) is 111 cm³/mol. The molecule has 2 heterocycles. The Bertz CT molecular complexity index is 734. The molecule has 1 aromatic heterocycles. The molecule has 8 heteroatoms. The second-order valence-corrected chi connectivity index (χ2v) is 6.65. The summed E-state index contributed by atoms with van der Waals surface area (Å²) in [6, 6.07) is 7.41. The van der Waals surface area contributed by atoms with Crippen LogP contribution in [0.4, 0.5) is 17.2 Å². The third-order valence-electron chi connectivity index (χ3n) is 4.04. The predicted octanol–water partition coefficient (Wildman–Crippen LogP) is 4.43. The molecule has 5 nitrogen and oxygen atoms in total. The number of hydrogen-bond donors (Lipinski definition) is 2. The Labute approximate surface area is 168 Å². The topological polar surface area (TPSA) is 71.2 Å². The Morgan fingerprint density at radius 1 is 1.24 bits per heavy atom. The molecule has 0 bridgehead atoms. The van der Waals surface area contributed by atoms with Gasteiger partial charge in [-0.1, -0.05) is 15.9 Å². The number of hydrogen-bond acceptors (Lipinski definition) is 4. The number of nitrogen functional groups attached to an aromatic ring is 1. The standard InChI is InChI=1S/C17H19BrN4O.2ClH/c1-11-8-13(18)9-14(16(11)19)21-17(23)12-4-5-15(20-10-12)22-6-2-3-7-22;;/h4-5,8-10H,2-3,6-7,19H2,1H3,(H,21,23);2*1H. The first-order chi connectivity index (χ1) is 11.0. The number of nitrogens with two attached hydrogens (primary N) is 1. The second-order valence-electron chi connectivity index (χ2n) is 5.74. The summed E-state index contributed by atoms with van der Waals surface area (Å²) in [5.41, 5.74) is 8.63. The van der Waals surface area contributed by atoms with Gasteiger partial charge in [-0.05, 0) is 49.6 Å². The number of pyridine rings is 1. The van der Waals surface area contributed by atoms with Crippen molar-refractivity contribution >= 4 is 63.8 Å². The first-order valence-electron chi connectivity index (χ1n) is 7.62. The number of halogens is 3. The van der Waals surface area contributed by atoms with Gasteiger partial charge in [-0.3, -0.25) is 4.79 Å². The summed E-state index contributed by atoms with van der Waals surface area (Å²) in [6.45, 7) is 3.97. The fraction of sp³-hybridized carbons (Fsp3) is 0.294. The number of nitrogens with zero attached hydrogens (tertiary/aromatic N) is 2. The van der Waals surface area contributed by atoms with Crippen LogP contribution < -0.4 is 16.0 Å². The summed E-state index contributed by atoms with van der Waals surface area (Å²) >= 11 is 3.42. The first-order valence-corrected chi connectivity index (χ1v) is 8.42. The Morgan fingerprint density at radius 3 is 2.52 bits per heavy atom. The maximum Gasteiger partial charge on any atom is 0.257 e. The van der Waals surface area contributed by atoms with Crippen LogP contribution >= 0.6 is 40.7 Å². The highest BCUT2D eigenvalue weighted by molar-refractivity contribution is 9.10. The summed E-state index contributed by atoms with van der Waals surface area (Å²) in [5.74, 6) is 0.714. The third-order valence-corrected chi connectivity index (χ3v) is 4.50. The summed E-state index contributed by atoms with van der Waals surface area (Å²) < 4.78 is 0.877. The summed E-state index contributed by atoms with van der Waals surface area (Å²) in [7, 11) is 0. The van der Waals surface area contributed by atoms with Crippen LogP contribution in [0.3, 0.4) is 0 Å². The van der Waals surface area contributed by atoms with Crippen molar-refractivity contribution in [2.24, 2.45) is 0 Å². The minimum absolute atomic E-state index is 0. The number of rotatable bonds is 3. The van der Waals surface area contributed by atoms with Crippen molar-refractivity contribution in [2.45, 2.75) is 19.8 Å². The van der Waals surface area contributed by atoms with Crippen LogP contribution in [0, 0.1) is 6.92 Å². The van der Waals surface area contributed by atoms with Gasteiger partial charge in [-0.2, -0.15) is 0 Å². The van der Waals surface area contributed by atoms with E-state index in [1.807, 2.05) is 19.1 Å². The average Bonchev–Trinajstić information content (AvgIpc) is 3.06. The molecule has 1 aliphatic rings. The molecule has 136 valence electrons. The number of benzene rings is 1. The number of carbonyl (C=O) groups is 1. The Morgan fingerprint density at radius 2 is 1.92 bits per heavy atom. The lowest BCUT2D eigenvalue weighted by Gasteiger charge is -2.16. The molecule has 1 saturated heterocycles. The highest BCUT2D eigenvalue weighted by Gasteiger charge is 2.15. The van der Waals surface area contributed by atoms with Gasteiger partial charge in [0, 0.05) is 23.8 Å². The van der Waals surface area contributed by atoms with Crippen molar-refractivity contribution in [2.75, 3.05) is 29.0 Å². The van der Waals surface area contributed by atoms with Crippen molar-refractivity contribution < 1.29 is 4.79 Å². The van der Waals surface area contributed by atoms with Crippen molar-refractivity contribution in [3.63, 3.8) is 0 Å². The van der Waals surface area contributed by atoms with E-state index in [0.29, 0.717) is 16.9 Å². The van der Waals surface area contributed by atoms with Gasteiger partial charge < -0.3 is 16.0 Å². The molecule has 0 radical (unpaired) electrons. The fourth-order valence-electron chi connectivity index (χ4n) is 2.71. The molecule has 1 amide bonds. The van der Waals surface area contributed by atoms with E-state index in [-0.39, 0.29) is 30.7 Å². The van der Waals surface area contributed by atoms with Gasteiger partial charge >= 0.3 is 0 Å². The van der Waals surface area contributed by atoms with Crippen molar-refractivity contribution in [3.05, 3.63) is 46.1 Å². The quantitative estimate of drug-likeness (QED) is 0.682. The molecule has 3 rings (SSSR count). The summed E-state index contributed by atoms with van der Waals surface area (Å²) in [5, 5.41) is 2.85. The lowest BCUT2D eigenvalue weighted by molar-refractivity contribution is 0.102. The number of nitrogens with one attached hydrogen (secondary N) is 1. The van der Waals surface area contributed by atoms with E-state index < -0.39 is 0 Å². The van der Waals surface area contributed by atoms with Crippen molar-refractivity contribution in [1.29, 1.82) is 0 Å². The smallest absolute Gasteiger partial charge is 0.257 e. The van der Waals surface area contributed by atoms with Crippen LogP contribution in [0.1, 0.15) is 28.8 Å². The van der Waals surface area contributed by atoms with Crippen molar-refractivity contribution in [1.82, 2.24) is 4.98 Å². The molecule has 0 unspecified atom stereocenters. The minimum atomic E-state index is -0.213. The molecule has 1 aliphatic heterocycles. The lowest BCUT2D eigenvalue weighted by Crippen LogP contribution is -2.19. The van der Waals surface area contributed by atoms with Crippen LogP contribution in [0.25, 0.3) is 0 Å². The van der Waals surface area contributed by atoms with Crippen LogP contribution in [0.5, 0.6) is 0 Å². The minimum Gasteiger partial charge on any atom is -0.397 e. The van der Waals surface area contributed by atoms with Crippen LogP contribution in [0.2, 0.25) is 0 Å². The molecular weight excluding hydrogens is 427 g/mol. The molecular formula is C17H21BrCl2N4O. The molecule has 1 fully saturated rings. The monoisotopic (exact) mass is 446 g/mol. The first kappa shape index (κ1) is 21.5. The van der Waals surface area contributed by atoms with Crippen LogP contribution in [-0.4, -0.2) is 24.0 Å². The molecule has 3 N–H and O–H groups in total. The number of carbonyl (C=O) groups excluding carboxylic acids is 1. The highest BCUT2D eigenvalue weighted by atomic mass is 79.9. The number of anilines is 3. The number of amides is 1. The average molecular weight is 448 g/mol. The van der Waals surface area contributed by atoms with Crippen LogP contribution in [-0.2, 0) is 0 Å². The summed E-state index contributed by atoms with van der Waals surface area (Å²) in [4.78, 5) is 19.0. The molecule has 0 spiro atoms. The van der Waals surface area contributed by atoms with Crippen molar-refractivity contribution in [3.8, 4) is 0 Å². The van der Waals surface area contributed by atoms with Gasteiger partial charge in [0.2, 0.25) is 0 Å². The highest BCUT2D eigenvalue weighted by Crippen LogP contribution is 2.28. The Hall–Kier alpha value is -1.50. The molecule has 2 aromatic rings. The SMILES string of the molecule is Cc1cc(Br)cc(NC(=O)c2ccc(N3CCCC3)nc2)c1N.Cl.Cl. The zero-order valence-corrected chi connectivity index (χ0v) is 17.0. The van der Waals surface area contributed by atoms with Gasteiger partial charge in [0.25, 0.3) is 5.91 Å². The van der Waals surface area contributed by atoms with Gasteiger partial charge in [-0.25, -0.2) is 4.98 Å².